The lowest BCUT2D eigenvalue weighted by Crippen LogP contribution is -2.46. The van der Waals surface area contributed by atoms with Crippen molar-refractivity contribution in [3.63, 3.8) is 0 Å². The fourth-order valence-corrected chi connectivity index (χ4v) is 1.91. The molecule has 0 aliphatic carbocycles. The quantitative estimate of drug-likeness (QED) is 0.868. The molecule has 0 radical (unpaired) electrons. The zero-order chi connectivity index (χ0) is 16.2. The highest BCUT2D eigenvalue weighted by atomic mass is 16.5. The Bertz CT molecular complexity index is 533. The van der Waals surface area contributed by atoms with E-state index in [0.717, 1.165) is 0 Å². The van der Waals surface area contributed by atoms with E-state index in [1.54, 1.807) is 6.07 Å². The van der Waals surface area contributed by atoms with E-state index in [0.29, 0.717) is 5.75 Å². The van der Waals surface area contributed by atoms with Gasteiger partial charge in [-0.2, -0.15) is 0 Å². The predicted octanol–water partition coefficient (Wildman–Crippen LogP) is 2.12. The number of rotatable bonds is 5. The van der Waals surface area contributed by atoms with Crippen molar-refractivity contribution >= 4 is 11.9 Å². The first-order chi connectivity index (χ1) is 9.66. The molecule has 1 aromatic carbocycles. The van der Waals surface area contributed by atoms with Crippen molar-refractivity contribution in [2.75, 3.05) is 13.7 Å². The van der Waals surface area contributed by atoms with E-state index in [1.165, 1.54) is 24.1 Å². The number of hydrogen-bond donors (Lipinski definition) is 2. The smallest absolute Gasteiger partial charge is 0.305 e. The lowest BCUT2D eigenvalue weighted by Gasteiger charge is -2.35. The molecule has 116 valence electrons. The van der Waals surface area contributed by atoms with Gasteiger partial charge in [0.25, 0.3) is 5.91 Å². The van der Waals surface area contributed by atoms with Crippen LogP contribution in [0.3, 0.4) is 0 Å². The number of phenols is 1. The van der Waals surface area contributed by atoms with E-state index < -0.39 is 17.4 Å². The highest BCUT2D eigenvalue weighted by Gasteiger charge is 2.29. The van der Waals surface area contributed by atoms with E-state index in [9.17, 15) is 14.7 Å². The summed E-state index contributed by atoms with van der Waals surface area (Å²) in [6.45, 7) is 5.49. The van der Waals surface area contributed by atoms with Crippen molar-refractivity contribution in [1.82, 2.24) is 4.90 Å². The summed E-state index contributed by atoms with van der Waals surface area (Å²) in [4.78, 5) is 24.8. The summed E-state index contributed by atoms with van der Waals surface area (Å²) in [7, 11) is 1.46. The highest BCUT2D eigenvalue weighted by Crippen LogP contribution is 2.27. The Hall–Kier alpha value is -2.24. The topological polar surface area (TPSA) is 87.1 Å². The fourth-order valence-electron chi connectivity index (χ4n) is 1.91. The molecule has 0 spiro atoms. The van der Waals surface area contributed by atoms with Gasteiger partial charge in [0.05, 0.1) is 19.1 Å². The van der Waals surface area contributed by atoms with Gasteiger partial charge in [-0.3, -0.25) is 9.59 Å². The molecule has 2 N–H and O–H groups in total. The summed E-state index contributed by atoms with van der Waals surface area (Å²) >= 11 is 0. The molecule has 1 rings (SSSR count). The Morgan fingerprint density at radius 3 is 2.38 bits per heavy atom. The number of ether oxygens (including phenoxy) is 1. The number of benzene rings is 1. The molecule has 0 atom stereocenters. The molecule has 6 heteroatoms. The number of carboxylic acid groups (broad SMARTS) is 1. The number of aromatic hydroxyl groups is 1. The van der Waals surface area contributed by atoms with Crippen LogP contribution in [0.2, 0.25) is 0 Å². The first kappa shape index (κ1) is 16.8. The number of aliphatic carboxylic acids is 1. The third-order valence-electron chi connectivity index (χ3n) is 3.04. The Labute approximate surface area is 124 Å². The van der Waals surface area contributed by atoms with E-state index >= 15 is 0 Å². The standard InChI is InChI=1S/C15H21NO5/c1-15(2,3)16(8-7-13(18)19)14(20)11-9-10(21-4)5-6-12(11)17/h5-6,9,17H,7-8H2,1-4H3,(H,18,19). The fraction of sp³-hybridized carbons (Fsp3) is 0.467. The molecule has 0 heterocycles. The largest absolute Gasteiger partial charge is 0.507 e. The second kappa shape index (κ2) is 6.47. The maximum Gasteiger partial charge on any atom is 0.305 e. The van der Waals surface area contributed by atoms with E-state index in [1.807, 2.05) is 20.8 Å². The van der Waals surface area contributed by atoms with Crippen LogP contribution in [0.15, 0.2) is 18.2 Å². The minimum atomic E-state index is -0.980. The van der Waals surface area contributed by atoms with Crippen molar-refractivity contribution in [2.45, 2.75) is 32.7 Å². The number of amides is 1. The normalized spacial score (nSPS) is 11.0. The summed E-state index contributed by atoms with van der Waals surface area (Å²) in [5, 5.41) is 18.7. The van der Waals surface area contributed by atoms with Crippen LogP contribution in [-0.2, 0) is 4.79 Å². The molecule has 0 bridgehead atoms. The van der Waals surface area contributed by atoms with Crippen LogP contribution < -0.4 is 4.74 Å². The van der Waals surface area contributed by atoms with Crippen LogP contribution in [-0.4, -0.2) is 46.2 Å². The third kappa shape index (κ3) is 4.37. The Morgan fingerprint density at radius 2 is 1.90 bits per heavy atom. The van der Waals surface area contributed by atoms with Crippen LogP contribution in [0, 0.1) is 0 Å². The molecule has 0 fully saturated rings. The number of nitrogens with zero attached hydrogens (tertiary/aromatic N) is 1. The van der Waals surface area contributed by atoms with Crippen molar-refractivity contribution in [3.05, 3.63) is 23.8 Å². The van der Waals surface area contributed by atoms with Gasteiger partial charge in [-0.05, 0) is 39.0 Å². The molecule has 0 aliphatic rings. The van der Waals surface area contributed by atoms with Gasteiger partial charge in [0.15, 0.2) is 0 Å². The Balaban J connectivity index is 3.13. The number of carbonyl (C=O) groups is 2. The molecular weight excluding hydrogens is 274 g/mol. The summed E-state index contributed by atoms with van der Waals surface area (Å²) in [5.41, 5.74) is -0.475. The molecule has 1 amide bonds. The first-order valence-corrected chi connectivity index (χ1v) is 6.57. The Kier molecular flexibility index (Phi) is 5.18. The summed E-state index contributed by atoms with van der Waals surface area (Å²) in [6, 6.07) is 4.37. The first-order valence-electron chi connectivity index (χ1n) is 6.57. The summed E-state index contributed by atoms with van der Waals surface area (Å²) < 4.78 is 5.05. The highest BCUT2D eigenvalue weighted by molar-refractivity contribution is 5.97. The molecule has 0 aromatic heterocycles. The van der Waals surface area contributed by atoms with Gasteiger partial charge < -0.3 is 19.8 Å². The second-order valence-corrected chi connectivity index (χ2v) is 5.65. The number of carbonyl (C=O) groups excluding carboxylic acids is 1. The number of methoxy groups -OCH3 is 1. The zero-order valence-electron chi connectivity index (χ0n) is 12.7. The van der Waals surface area contributed by atoms with Crippen molar-refractivity contribution in [3.8, 4) is 11.5 Å². The van der Waals surface area contributed by atoms with Crippen LogP contribution in [0.4, 0.5) is 0 Å². The number of phenolic OH excluding ortho intramolecular Hbond substituents is 1. The van der Waals surface area contributed by atoms with Gasteiger partial charge in [-0.15, -0.1) is 0 Å². The third-order valence-corrected chi connectivity index (χ3v) is 3.04. The van der Waals surface area contributed by atoms with Crippen molar-refractivity contribution in [2.24, 2.45) is 0 Å². The number of hydrogen-bond acceptors (Lipinski definition) is 4. The molecule has 1 aromatic rings. The minimum absolute atomic E-state index is 0.0638. The molecule has 6 nitrogen and oxygen atoms in total. The minimum Gasteiger partial charge on any atom is -0.507 e. The van der Waals surface area contributed by atoms with Gasteiger partial charge >= 0.3 is 5.97 Å². The second-order valence-electron chi connectivity index (χ2n) is 5.65. The lowest BCUT2D eigenvalue weighted by molar-refractivity contribution is -0.137. The average Bonchev–Trinajstić information content (AvgIpc) is 2.37. The maximum atomic E-state index is 12.6. The van der Waals surface area contributed by atoms with Crippen LogP contribution in [0.25, 0.3) is 0 Å². The van der Waals surface area contributed by atoms with Gasteiger partial charge in [-0.25, -0.2) is 0 Å². The van der Waals surface area contributed by atoms with Crippen molar-refractivity contribution in [1.29, 1.82) is 0 Å². The molecule has 0 saturated heterocycles. The summed E-state index contributed by atoms with van der Waals surface area (Å²) in [6.07, 6.45) is -0.159. The molecule has 0 saturated carbocycles. The van der Waals surface area contributed by atoms with Crippen molar-refractivity contribution < 1.29 is 24.5 Å². The lowest BCUT2D eigenvalue weighted by atomic mass is 10.0. The van der Waals surface area contributed by atoms with Gasteiger partial charge in [0.2, 0.25) is 0 Å². The van der Waals surface area contributed by atoms with Gasteiger partial charge in [0.1, 0.15) is 11.5 Å². The predicted molar refractivity (Wildman–Crippen MR) is 77.7 cm³/mol. The zero-order valence-corrected chi connectivity index (χ0v) is 12.7. The van der Waals surface area contributed by atoms with E-state index in [2.05, 4.69) is 0 Å². The monoisotopic (exact) mass is 295 g/mol. The SMILES string of the molecule is COc1ccc(O)c(C(=O)N(CCC(=O)O)C(C)(C)C)c1. The van der Waals surface area contributed by atoms with Crippen LogP contribution in [0.1, 0.15) is 37.6 Å². The molecular formula is C15H21NO5. The van der Waals surface area contributed by atoms with Gasteiger partial charge in [0, 0.05) is 12.1 Å². The maximum absolute atomic E-state index is 12.6. The van der Waals surface area contributed by atoms with Gasteiger partial charge in [-0.1, -0.05) is 0 Å². The summed E-state index contributed by atoms with van der Waals surface area (Å²) in [5.74, 6) is -1.12. The Morgan fingerprint density at radius 1 is 1.29 bits per heavy atom. The molecule has 0 aliphatic heterocycles. The molecule has 0 unspecified atom stereocenters. The van der Waals surface area contributed by atoms with Crippen LogP contribution in [0.5, 0.6) is 11.5 Å². The van der Waals surface area contributed by atoms with E-state index in [-0.39, 0.29) is 24.3 Å². The van der Waals surface area contributed by atoms with Crippen LogP contribution >= 0.6 is 0 Å². The number of carboxylic acids is 1. The van der Waals surface area contributed by atoms with E-state index in [4.69, 9.17) is 9.84 Å². The average molecular weight is 295 g/mol. The molecule has 21 heavy (non-hydrogen) atoms.